The minimum Gasteiger partial charge on any atom is -0.329 e. The number of nitrogens with one attached hydrogen (secondary N) is 1. The molecule has 2 aromatic rings. The van der Waals surface area contributed by atoms with Gasteiger partial charge in [0, 0.05) is 18.8 Å². The predicted octanol–water partition coefficient (Wildman–Crippen LogP) is 2.82. The van der Waals surface area contributed by atoms with Crippen molar-refractivity contribution in [2.24, 2.45) is 0 Å². The van der Waals surface area contributed by atoms with E-state index in [1.54, 1.807) is 0 Å². The Morgan fingerprint density at radius 1 is 1.50 bits per heavy atom. The lowest BCUT2D eigenvalue weighted by atomic mass is 10.3. The number of nitrogens with zero attached hydrogens (tertiary/aromatic N) is 3. The van der Waals surface area contributed by atoms with Crippen LogP contribution in [0.3, 0.4) is 0 Å². The Morgan fingerprint density at radius 2 is 2.28 bits per heavy atom. The maximum atomic E-state index is 5.35. The molecule has 0 saturated carbocycles. The van der Waals surface area contributed by atoms with Crippen LogP contribution in [0, 0.1) is 4.77 Å². The van der Waals surface area contributed by atoms with Crippen LogP contribution in [0.4, 0.5) is 0 Å². The molecule has 1 N–H and O–H groups in total. The molecule has 4 nitrogen and oxygen atoms in total. The molecule has 0 aliphatic rings. The van der Waals surface area contributed by atoms with Gasteiger partial charge in [0.25, 0.3) is 0 Å². The monoisotopic (exact) mass is 264 g/mol. The molecule has 0 aromatic carbocycles. The number of aromatic amines is 1. The van der Waals surface area contributed by atoms with Crippen LogP contribution in [0.5, 0.6) is 0 Å². The van der Waals surface area contributed by atoms with Gasteiger partial charge in [0.2, 0.25) is 0 Å². The minimum atomic E-state index is 0.588. The van der Waals surface area contributed by atoms with E-state index in [4.69, 9.17) is 12.2 Å². The Bertz CT molecular complexity index is 570. The number of aryl methyl sites for hydroxylation is 1. The number of H-pyrrole nitrogens is 1. The first-order valence-electron chi connectivity index (χ1n) is 6.32. The summed E-state index contributed by atoms with van der Waals surface area (Å²) in [7, 11) is 2.16. The lowest BCUT2D eigenvalue weighted by Crippen LogP contribution is -2.27. The molecule has 5 heteroatoms. The maximum absolute atomic E-state index is 5.35. The molecule has 0 amide bonds. The van der Waals surface area contributed by atoms with Crippen molar-refractivity contribution in [2.45, 2.75) is 32.9 Å². The fraction of sp³-hybridized carbons (Fsp3) is 0.538. The lowest BCUT2D eigenvalue weighted by molar-refractivity contribution is 0.266. The molecule has 98 valence electrons. The normalized spacial score (nSPS) is 11.8. The molecule has 0 unspecified atom stereocenters. The second-order valence-corrected chi connectivity index (χ2v) is 5.29. The summed E-state index contributed by atoms with van der Waals surface area (Å²) in [6.07, 6.45) is 4.72. The van der Waals surface area contributed by atoms with Gasteiger partial charge < -0.3 is 14.5 Å². The van der Waals surface area contributed by atoms with Gasteiger partial charge in [-0.25, -0.2) is 0 Å². The summed E-state index contributed by atoms with van der Waals surface area (Å²) in [5.74, 6) is 0. The molecule has 0 aliphatic heterocycles. The standard InChI is InChI=1S/C13H20N4S/c1-10(2)16(3)7-4-8-17-12-5-6-14-9-11(12)15-13(17)18/h5-6,9-10H,4,7-8H2,1-3H3,(H,15,18). The third-order valence-electron chi connectivity index (χ3n) is 3.35. The third-order valence-corrected chi connectivity index (χ3v) is 3.67. The molecule has 2 heterocycles. The summed E-state index contributed by atoms with van der Waals surface area (Å²) in [4.78, 5) is 9.64. The fourth-order valence-corrected chi connectivity index (χ4v) is 2.27. The zero-order chi connectivity index (χ0) is 13.1. The molecule has 0 radical (unpaired) electrons. The van der Waals surface area contributed by atoms with Crippen LogP contribution >= 0.6 is 12.2 Å². The predicted molar refractivity (Wildman–Crippen MR) is 77.3 cm³/mol. The van der Waals surface area contributed by atoms with E-state index in [2.05, 4.69) is 40.3 Å². The van der Waals surface area contributed by atoms with E-state index in [1.165, 1.54) is 0 Å². The van der Waals surface area contributed by atoms with E-state index in [-0.39, 0.29) is 0 Å². The highest BCUT2D eigenvalue weighted by molar-refractivity contribution is 7.71. The van der Waals surface area contributed by atoms with E-state index in [0.717, 1.165) is 35.3 Å². The molecule has 0 aliphatic carbocycles. The first-order chi connectivity index (χ1) is 8.59. The summed E-state index contributed by atoms with van der Waals surface area (Å²) in [5, 5.41) is 0. The van der Waals surface area contributed by atoms with E-state index in [0.29, 0.717) is 6.04 Å². The summed E-state index contributed by atoms with van der Waals surface area (Å²) in [5.41, 5.74) is 2.15. The van der Waals surface area contributed by atoms with Crippen LogP contribution in [0.1, 0.15) is 20.3 Å². The van der Waals surface area contributed by atoms with E-state index in [9.17, 15) is 0 Å². The van der Waals surface area contributed by atoms with Crippen LogP contribution in [0.15, 0.2) is 18.5 Å². The third kappa shape index (κ3) is 2.79. The number of pyridine rings is 1. The van der Waals surface area contributed by atoms with Gasteiger partial charge in [-0.1, -0.05) is 0 Å². The number of aromatic nitrogens is 3. The number of imidazole rings is 1. The first-order valence-corrected chi connectivity index (χ1v) is 6.73. The largest absolute Gasteiger partial charge is 0.329 e. The minimum absolute atomic E-state index is 0.588. The second-order valence-electron chi connectivity index (χ2n) is 4.90. The van der Waals surface area contributed by atoms with Crippen LogP contribution in [0.25, 0.3) is 11.0 Å². The van der Waals surface area contributed by atoms with Crippen molar-refractivity contribution in [3.8, 4) is 0 Å². The maximum Gasteiger partial charge on any atom is 0.178 e. The Hall–Kier alpha value is -1.20. The summed E-state index contributed by atoms with van der Waals surface area (Å²) in [6.45, 7) is 6.45. The quantitative estimate of drug-likeness (QED) is 0.844. The number of fused-ring (bicyclic) bond motifs is 1. The van der Waals surface area contributed by atoms with Crippen LogP contribution < -0.4 is 0 Å². The molecular formula is C13H20N4S. The lowest BCUT2D eigenvalue weighted by Gasteiger charge is -2.20. The highest BCUT2D eigenvalue weighted by atomic mass is 32.1. The number of hydrogen-bond donors (Lipinski definition) is 1. The van der Waals surface area contributed by atoms with Gasteiger partial charge in [-0.05, 0) is 52.1 Å². The van der Waals surface area contributed by atoms with Crippen LogP contribution in [0.2, 0.25) is 0 Å². The average Bonchev–Trinajstić information content (AvgIpc) is 2.65. The van der Waals surface area contributed by atoms with Crippen molar-refractivity contribution in [1.82, 2.24) is 19.4 Å². The van der Waals surface area contributed by atoms with E-state index >= 15 is 0 Å². The highest BCUT2D eigenvalue weighted by Crippen LogP contribution is 2.12. The van der Waals surface area contributed by atoms with Gasteiger partial charge >= 0.3 is 0 Å². The van der Waals surface area contributed by atoms with Gasteiger partial charge in [-0.15, -0.1) is 0 Å². The van der Waals surface area contributed by atoms with E-state index < -0.39 is 0 Å². The smallest absolute Gasteiger partial charge is 0.178 e. The topological polar surface area (TPSA) is 36.9 Å². The molecular weight excluding hydrogens is 244 g/mol. The van der Waals surface area contributed by atoms with Crippen molar-refractivity contribution < 1.29 is 0 Å². The molecule has 0 fully saturated rings. The van der Waals surface area contributed by atoms with E-state index in [1.807, 2.05) is 18.5 Å². The number of hydrogen-bond acceptors (Lipinski definition) is 3. The average molecular weight is 264 g/mol. The Morgan fingerprint density at radius 3 is 3.00 bits per heavy atom. The van der Waals surface area contributed by atoms with Crippen molar-refractivity contribution >= 4 is 23.3 Å². The molecule has 2 rings (SSSR count). The summed E-state index contributed by atoms with van der Waals surface area (Å²) in [6, 6.07) is 2.60. The molecule has 0 saturated heterocycles. The van der Waals surface area contributed by atoms with Crippen LogP contribution in [-0.4, -0.2) is 39.1 Å². The van der Waals surface area contributed by atoms with Crippen LogP contribution in [-0.2, 0) is 6.54 Å². The SMILES string of the molecule is CC(C)N(C)CCCn1c(=S)[nH]c2cnccc21. The Balaban J connectivity index is 2.08. The van der Waals surface area contributed by atoms with Gasteiger partial charge in [0.05, 0.1) is 17.2 Å². The van der Waals surface area contributed by atoms with Crippen molar-refractivity contribution in [1.29, 1.82) is 0 Å². The van der Waals surface area contributed by atoms with Gasteiger partial charge in [-0.2, -0.15) is 0 Å². The highest BCUT2D eigenvalue weighted by Gasteiger charge is 2.06. The van der Waals surface area contributed by atoms with Gasteiger partial charge in [0.1, 0.15) is 0 Å². The van der Waals surface area contributed by atoms with Gasteiger partial charge in [-0.3, -0.25) is 4.98 Å². The van der Waals surface area contributed by atoms with Gasteiger partial charge in [0.15, 0.2) is 4.77 Å². The molecule has 0 atom stereocenters. The zero-order valence-electron chi connectivity index (χ0n) is 11.2. The molecule has 18 heavy (non-hydrogen) atoms. The molecule has 0 bridgehead atoms. The summed E-state index contributed by atoms with van der Waals surface area (Å²) >= 11 is 5.35. The fourth-order valence-electron chi connectivity index (χ4n) is 1.97. The number of rotatable bonds is 5. The first kappa shape index (κ1) is 13.2. The van der Waals surface area contributed by atoms with Crippen molar-refractivity contribution in [3.05, 3.63) is 23.2 Å². The zero-order valence-corrected chi connectivity index (χ0v) is 12.0. The van der Waals surface area contributed by atoms with Crippen molar-refractivity contribution in [2.75, 3.05) is 13.6 Å². The summed E-state index contributed by atoms with van der Waals surface area (Å²) < 4.78 is 2.94. The molecule has 0 spiro atoms. The second kappa shape index (κ2) is 5.63. The molecule has 2 aromatic heterocycles. The Kier molecular flexibility index (Phi) is 4.14. The van der Waals surface area contributed by atoms with Crippen molar-refractivity contribution in [3.63, 3.8) is 0 Å². The Labute approximate surface area is 113 Å².